The van der Waals surface area contributed by atoms with Gasteiger partial charge in [0, 0.05) is 19.3 Å². The highest BCUT2D eigenvalue weighted by Crippen LogP contribution is 2.18. The zero-order valence-electron chi connectivity index (χ0n) is 51.7. The Morgan fingerprint density at radius 2 is 0.494 bits per heavy atom. The molecule has 450 valence electrons. The molecule has 77 heavy (non-hydrogen) atoms. The van der Waals surface area contributed by atoms with Crippen LogP contribution in [0.2, 0.25) is 0 Å². The summed E-state index contributed by atoms with van der Waals surface area (Å²) in [6.45, 7) is 6.59. The molecule has 0 aliphatic carbocycles. The molecule has 0 aromatic rings. The van der Waals surface area contributed by atoms with Gasteiger partial charge in [-0.3, -0.25) is 14.4 Å². The number of carbonyl (C=O) groups is 3. The number of hydrogen-bond donors (Lipinski definition) is 0. The van der Waals surface area contributed by atoms with Crippen molar-refractivity contribution in [2.45, 2.75) is 374 Å². The van der Waals surface area contributed by atoms with E-state index >= 15 is 0 Å². The summed E-state index contributed by atoms with van der Waals surface area (Å²) in [6.07, 6.45) is 83.0. The first kappa shape index (κ1) is 74.4. The zero-order chi connectivity index (χ0) is 55.7. The predicted molar refractivity (Wildman–Crippen MR) is 335 cm³/mol. The van der Waals surface area contributed by atoms with Crippen LogP contribution >= 0.6 is 0 Å². The maximum atomic E-state index is 12.9. The van der Waals surface area contributed by atoms with Crippen molar-refractivity contribution in [3.05, 3.63) is 48.6 Å². The number of hydrogen-bond acceptors (Lipinski definition) is 6. The quantitative estimate of drug-likeness (QED) is 0.0261. The Balaban J connectivity index is 4.06. The molecule has 0 fully saturated rings. The molecule has 0 aliphatic heterocycles. The van der Waals surface area contributed by atoms with Crippen molar-refractivity contribution in [1.82, 2.24) is 0 Å². The van der Waals surface area contributed by atoms with E-state index in [1.807, 2.05) is 0 Å². The highest BCUT2D eigenvalue weighted by Gasteiger charge is 2.19. The summed E-state index contributed by atoms with van der Waals surface area (Å²) in [5, 5.41) is 0. The zero-order valence-corrected chi connectivity index (χ0v) is 51.7. The first-order valence-corrected chi connectivity index (χ1v) is 34.1. The Labute approximate surface area is 479 Å². The lowest BCUT2D eigenvalue weighted by molar-refractivity contribution is -0.167. The van der Waals surface area contributed by atoms with Gasteiger partial charge in [-0.25, -0.2) is 0 Å². The Morgan fingerprint density at radius 1 is 0.260 bits per heavy atom. The van der Waals surface area contributed by atoms with E-state index in [4.69, 9.17) is 14.2 Å². The van der Waals surface area contributed by atoms with Gasteiger partial charge >= 0.3 is 17.9 Å². The summed E-state index contributed by atoms with van der Waals surface area (Å²) in [5.74, 6) is -0.883. The fourth-order valence-corrected chi connectivity index (χ4v) is 10.1. The molecule has 0 heterocycles. The minimum Gasteiger partial charge on any atom is -0.462 e. The second-order valence-electron chi connectivity index (χ2n) is 23.1. The van der Waals surface area contributed by atoms with Crippen LogP contribution in [0.5, 0.6) is 0 Å². The summed E-state index contributed by atoms with van der Waals surface area (Å²) >= 11 is 0. The van der Waals surface area contributed by atoms with Crippen molar-refractivity contribution in [3.8, 4) is 0 Å². The van der Waals surface area contributed by atoms with E-state index in [1.54, 1.807) is 0 Å². The molecule has 0 saturated heterocycles. The molecule has 0 N–H and O–H groups in total. The average Bonchev–Trinajstić information content (AvgIpc) is 3.43. The normalized spacial score (nSPS) is 12.3. The third kappa shape index (κ3) is 64.1. The topological polar surface area (TPSA) is 78.9 Å². The van der Waals surface area contributed by atoms with E-state index in [0.717, 1.165) is 96.3 Å². The smallest absolute Gasteiger partial charge is 0.306 e. The van der Waals surface area contributed by atoms with Crippen molar-refractivity contribution in [2.24, 2.45) is 0 Å². The first-order chi connectivity index (χ1) is 38.0. The van der Waals surface area contributed by atoms with Crippen LogP contribution in [0.25, 0.3) is 0 Å². The van der Waals surface area contributed by atoms with E-state index in [2.05, 4.69) is 69.4 Å². The number of unbranched alkanes of at least 4 members (excludes halogenated alkanes) is 44. The van der Waals surface area contributed by atoms with Crippen LogP contribution in [0.1, 0.15) is 367 Å². The fourth-order valence-electron chi connectivity index (χ4n) is 10.1. The maximum absolute atomic E-state index is 12.9. The van der Waals surface area contributed by atoms with Crippen LogP contribution < -0.4 is 0 Å². The third-order valence-electron chi connectivity index (χ3n) is 15.3. The molecule has 1 unspecified atom stereocenters. The Kier molecular flexibility index (Phi) is 63.6. The highest BCUT2D eigenvalue weighted by molar-refractivity contribution is 5.71. The molecule has 1 atom stereocenters. The SMILES string of the molecule is CCC/C=C\C/C=C\CCCCCCCC(=O)OC(COC(=O)CCCCCCC/C=C\CCCCCC)COC(=O)CCCCCCCCCCCCCCCCCCCCCCC/C=C\CCCCCCCCCC. The highest BCUT2D eigenvalue weighted by atomic mass is 16.6. The van der Waals surface area contributed by atoms with Gasteiger partial charge in [-0.15, -0.1) is 0 Å². The summed E-state index contributed by atoms with van der Waals surface area (Å²) < 4.78 is 16.9. The van der Waals surface area contributed by atoms with Crippen molar-refractivity contribution in [1.29, 1.82) is 0 Å². The number of rotatable bonds is 63. The van der Waals surface area contributed by atoms with Crippen LogP contribution in [0, 0.1) is 0 Å². The molecule has 0 aromatic heterocycles. The van der Waals surface area contributed by atoms with E-state index in [0.29, 0.717) is 19.3 Å². The largest absolute Gasteiger partial charge is 0.462 e. The van der Waals surface area contributed by atoms with Gasteiger partial charge in [-0.2, -0.15) is 0 Å². The average molecular weight is 1080 g/mol. The molecule has 0 bridgehead atoms. The third-order valence-corrected chi connectivity index (χ3v) is 15.3. The predicted octanol–water partition coefficient (Wildman–Crippen LogP) is 23.3. The standard InChI is InChI=1S/C71H130O6/c1-4-7-10-13-16-19-22-25-26-27-28-29-30-31-32-33-34-35-36-37-38-39-40-41-42-43-44-47-49-52-55-58-61-64-70(73)76-67-68(77-71(74)65-62-59-56-53-50-46-24-21-18-15-12-9-6-3)66-75-69(72)63-60-57-54-51-48-45-23-20-17-14-11-8-5-2/h12,15,20-21,23-24,27-28,68H,4-11,13-14,16-19,22,25-26,29-67H2,1-3H3/b15-12-,23-20-,24-21-,28-27-. The fraction of sp³-hybridized carbons (Fsp3) is 0.845. The Morgan fingerprint density at radius 3 is 0.792 bits per heavy atom. The molecule has 0 aromatic carbocycles. The van der Waals surface area contributed by atoms with Crippen LogP contribution in [-0.4, -0.2) is 37.2 Å². The molecule has 0 saturated carbocycles. The summed E-state index contributed by atoms with van der Waals surface area (Å²) in [4.78, 5) is 38.2. The summed E-state index contributed by atoms with van der Waals surface area (Å²) in [7, 11) is 0. The minimum atomic E-state index is -0.782. The lowest BCUT2D eigenvalue weighted by atomic mass is 10.0. The van der Waals surface area contributed by atoms with E-state index in [-0.39, 0.29) is 31.1 Å². The summed E-state index contributed by atoms with van der Waals surface area (Å²) in [6, 6.07) is 0. The van der Waals surface area contributed by atoms with Crippen LogP contribution in [0.3, 0.4) is 0 Å². The minimum absolute atomic E-state index is 0.0781. The number of ether oxygens (including phenoxy) is 3. The molecule has 0 spiro atoms. The van der Waals surface area contributed by atoms with Gasteiger partial charge in [0.2, 0.25) is 0 Å². The molecule has 0 amide bonds. The molecule has 0 rings (SSSR count). The van der Waals surface area contributed by atoms with Crippen LogP contribution in [0.4, 0.5) is 0 Å². The van der Waals surface area contributed by atoms with E-state index in [1.165, 1.54) is 231 Å². The monoisotopic (exact) mass is 1080 g/mol. The second-order valence-corrected chi connectivity index (χ2v) is 23.1. The lowest BCUT2D eigenvalue weighted by Crippen LogP contribution is -2.30. The number of esters is 3. The summed E-state index contributed by atoms with van der Waals surface area (Å²) in [5.41, 5.74) is 0. The van der Waals surface area contributed by atoms with Crippen LogP contribution in [-0.2, 0) is 28.6 Å². The number of allylic oxidation sites excluding steroid dienone is 8. The van der Waals surface area contributed by atoms with E-state index in [9.17, 15) is 14.4 Å². The van der Waals surface area contributed by atoms with Gasteiger partial charge in [0.15, 0.2) is 6.10 Å². The second kappa shape index (κ2) is 65.9. The van der Waals surface area contributed by atoms with Crippen molar-refractivity contribution >= 4 is 17.9 Å². The van der Waals surface area contributed by atoms with Crippen molar-refractivity contribution < 1.29 is 28.6 Å². The van der Waals surface area contributed by atoms with Gasteiger partial charge < -0.3 is 14.2 Å². The first-order valence-electron chi connectivity index (χ1n) is 34.1. The van der Waals surface area contributed by atoms with Crippen molar-refractivity contribution in [3.63, 3.8) is 0 Å². The molecule has 6 nitrogen and oxygen atoms in total. The lowest BCUT2D eigenvalue weighted by Gasteiger charge is -2.18. The van der Waals surface area contributed by atoms with Gasteiger partial charge in [0.25, 0.3) is 0 Å². The van der Waals surface area contributed by atoms with Gasteiger partial charge in [0.1, 0.15) is 13.2 Å². The Hall–Kier alpha value is -2.63. The van der Waals surface area contributed by atoms with Gasteiger partial charge in [-0.1, -0.05) is 301 Å². The molecule has 0 aliphatic rings. The molecule has 0 radical (unpaired) electrons. The van der Waals surface area contributed by atoms with Crippen LogP contribution in [0.15, 0.2) is 48.6 Å². The molecular formula is C71H130O6. The van der Waals surface area contributed by atoms with Gasteiger partial charge in [0.05, 0.1) is 0 Å². The Bertz CT molecular complexity index is 1330. The van der Waals surface area contributed by atoms with Gasteiger partial charge in [-0.05, 0) is 96.3 Å². The molecule has 6 heteroatoms. The van der Waals surface area contributed by atoms with Crippen molar-refractivity contribution in [2.75, 3.05) is 13.2 Å². The number of carbonyl (C=O) groups excluding carboxylic acids is 3. The maximum Gasteiger partial charge on any atom is 0.306 e. The molecular weight excluding hydrogens is 949 g/mol. The van der Waals surface area contributed by atoms with E-state index < -0.39 is 6.10 Å².